The highest BCUT2D eigenvalue weighted by molar-refractivity contribution is 7.92. The molecular weight excluding hydrogens is 456 g/mol. The molecular formula is C22H24N8O3S. The van der Waals surface area contributed by atoms with Gasteiger partial charge in [0.2, 0.25) is 5.95 Å². The molecule has 0 saturated carbocycles. The average molecular weight is 481 g/mol. The molecule has 2 N–H and O–H groups in total. The standard InChI is InChI=1S/C22H24N8O3S/c1-14-11-15(2)24-22(23-14)28-34(32,33)19-7-5-18(6-8-19)25-21(31)20-9-10-29(27-20)13-30-17(4)12-16(3)26-30/h5-12H,13H2,1-4H3,(H,25,31)(H,23,24,28). The summed E-state index contributed by atoms with van der Waals surface area (Å²) in [6.07, 6.45) is 1.70. The van der Waals surface area contributed by atoms with Crippen LogP contribution in [0.15, 0.2) is 53.6 Å². The molecule has 12 heteroatoms. The SMILES string of the molecule is Cc1cc(C)nc(NS(=O)(=O)c2ccc(NC(=O)c3ccn(Cn4nc(C)cc4C)n3)cc2)n1. The summed E-state index contributed by atoms with van der Waals surface area (Å²) in [4.78, 5) is 20.8. The zero-order chi connectivity index (χ0) is 24.5. The van der Waals surface area contributed by atoms with Crippen molar-refractivity contribution in [3.8, 4) is 0 Å². The number of nitrogens with zero attached hydrogens (tertiary/aromatic N) is 6. The molecule has 0 aliphatic carbocycles. The fourth-order valence-corrected chi connectivity index (χ4v) is 4.32. The smallest absolute Gasteiger partial charge is 0.276 e. The van der Waals surface area contributed by atoms with Crippen molar-refractivity contribution in [2.24, 2.45) is 0 Å². The van der Waals surface area contributed by atoms with E-state index in [1.165, 1.54) is 24.3 Å². The third-order valence-corrected chi connectivity index (χ3v) is 6.23. The third kappa shape index (κ3) is 5.29. The second-order valence-corrected chi connectivity index (χ2v) is 9.55. The number of sulfonamides is 1. The Morgan fingerprint density at radius 3 is 2.21 bits per heavy atom. The number of anilines is 2. The number of amides is 1. The molecule has 0 aliphatic heterocycles. The van der Waals surface area contributed by atoms with Gasteiger partial charge in [-0.3, -0.25) is 9.48 Å². The van der Waals surface area contributed by atoms with Crippen molar-refractivity contribution in [2.45, 2.75) is 39.3 Å². The molecule has 34 heavy (non-hydrogen) atoms. The van der Waals surface area contributed by atoms with E-state index in [2.05, 4.69) is 30.2 Å². The first-order valence-corrected chi connectivity index (χ1v) is 11.9. The van der Waals surface area contributed by atoms with Gasteiger partial charge in [0.25, 0.3) is 15.9 Å². The van der Waals surface area contributed by atoms with Gasteiger partial charge < -0.3 is 5.32 Å². The molecule has 4 rings (SSSR count). The van der Waals surface area contributed by atoms with Crippen LogP contribution in [0.1, 0.15) is 33.3 Å². The number of carbonyl (C=O) groups excluding carboxylic acids is 1. The molecule has 11 nitrogen and oxygen atoms in total. The number of hydrogen-bond acceptors (Lipinski definition) is 7. The van der Waals surface area contributed by atoms with Crippen molar-refractivity contribution in [2.75, 3.05) is 10.0 Å². The minimum Gasteiger partial charge on any atom is -0.321 e. The average Bonchev–Trinajstić information content (AvgIpc) is 3.33. The minimum atomic E-state index is -3.88. The van der Waals surface area contributed by atoms with Gasteiger partial charge in [0.1, 0.15) is 6.67 Å². The van der Waals surface area contributed by atoms with Crippen LogP contribution in [0, 0.1) is 27.7 Å². The van der Waals surface area contributed by atoms with E-state index in [-0.39, 0.29) is 16.5 Å². The summed E-state index contributed by atoms with van der Waals surface area (Å²) in [5.41, 5.74) is 3.87. The van der Waals surface area contributed by atoms with Crippen LogP contribution < -0.4 is 10.0 Å². The Kier molecular flexibility index (Phi) is 6.16. The molecule has 0 spiro atoms. The van der Waals surface area contributed by atoms with E-state index in [0.717, 1.165) is 11.4 Å². The zero-order valence-electron chi connectivity index (χ0n) is 19.1. The van der Waals surface area contributed by atoms with Crippen LogP contribution in [0.5, 0.6) is 0 Å². The topological polar surface area (TPSA) is 137 Å². The molecule has 0 unspecified atom stereocenters. The first-order valence-electron chi connectivity index (χ1n) is 10.4. The molecule has 4 aromatic rings. The summed E-state index contributed by atoms with van der Waals surface area (Å²) in [6, 6.07) is 11.1. The molecule has 0 fully saturated rings. The van der Waals surface area contributed by atoms with E-state index in [4.69, 9.17) is 0 Å². The fraction of sp³-hybridized carbons (Fsp3) is 0.227. The lowest BCUT2D eigenvalue weighted by Crippen LogP contribution is -2.17. The number of benzene rings is 1. The van der Waals surface area contributed by atoms with Crippen molar-refractivity contribution >= 4 is 27.6 Å². The normalized spacial score (nSPS) is 11.4. The molecule has 1 aromatic carbocycles. The highest BCUT2D eigenvalue weighted by atomic mass is 32.2. The molecule has 176 valence electrons. The second-order valence-electron chi connectivity index (χ2n) is 7.87. The lowest BCUT2D eigenvalue weighted by atomic mass is 10.3. The van der Waals surface area contributed by atoms with Gasteiger partial charge in [-0.2, -0.15) is 10.2 Å². The van der Waals surface area contributed by atoms with Gasteiger partial charge in [0, 0.05) is 29.0 Å². The molecule has 0 aliphatic rings. The first-order chi connectivity index (χ1) is 16.1. The van der Waals surface area contributed by atoms with Gasteiger partial charge in [-0.05, 0) is 70.2 Å². The van der Waals surface area contributed by atoms with E-state index < -0.39 is 15.9 Å². The maximum atomic E-state index is 12.7. The van der Waals surface area contributed by atoms with Gasteiger partial charge in [0.15, 0.2) is 5.69 Å². The second kappa shape index (κ2) is 9.06. The van der Waals surface area contributed by atoms with Crippen molar-refractivity contribution < 1.29 is 13.2 Å². The van der Waals surface area contributed by atoms with Crippen molar-refractivity contribution in [1.29, 1.82) is 0 Å². The van der Waals surface area contributed by atoms with Gasteiger partial charge >= 0.3 is 0 Å². The molecule has 0 saturated heterocycles. The van der Waals surface area contributed by atoms with Crippen LogP contribution in [0.4, 0.5) is 11.6 Å². The van der Waals surface area contributed by atoms with Gasteiger partial charge in [-0.1, -0.05) is 0 Å². The van der Waals surface area contributed by atoms with Crippen molar-refractivity contribution in [3.05, 3.63) is 77.1 Å². The summed E-state index contributed by atoms with van der Waals surface area (Å²) >= 11 is 0. The van der Waals surface area contributed by atoms with E-state index in [0.29, 0.717) is 23.7 Å². The lowest BCUT2D eigenvalue weighted by molar-refractivity contribution is 0.102. The van der Waals surface area contributed by atoms with Crippen molar-refractivity contribution in [3.63, 3.8) is 0 Å². The highest BCUT2D eigenvalue weighted by Crippen LogP contribution is 2.17. The molecule has 0 atom stereocenters. The Morgan fingerprint density at radius 1 is 0.912 bits per heavy atom. The molecule has 3 aromatic heterocycles. The third-order valence-electron chi connectivity index (χ3n) is 4.89. The lowest BCUT2D eigenvalue weighted by Gasteiger charge is -2.09. The number of hydrogen-bond donors (Lipinski definition) is 2. The molecule has 3 heterocycles. The molecule has 0 radical (unpaired) electrons. The zero-order valence-corrected chi connectivity index (χ0v) is 20.0. The Morgan fingerprint density at radius 2 is 1.59 bits per heavy atom. The summed E-state index contributed by atoms with van der Waals surface area (Å²) in [7, 11) is -3.88. The first kappa shape index (κ1) is 23.1. The largest absolute Gasteiger partial charge is 0.321 e. The van der Waals surface area contributed by atoms with Crippen LogP contribution in [0.2, 0.25) is 0 Å². The Balaban J connectivity index is 1.42. The monoisotopic (exact) mass is 480 g/mol. The van der Waals surface area contributed by atoms with Gasteiger partial charge in [-0.25, -0.2) is 27.8 Å². The number of aromatic nitrogens is 6. The molecule has 0 bridgehead atoms. The van der Waals surface area contributed by atoms with Crippen molar-refractivity contribution in [1.82, 2.24) is 29.5 Å². The number of aryl methyl sites for hydroxylation is 4. The summed E-state index contributed by atoms with van der Waals surface area (Å²) in [5, 5.41) is 11.4. The predicted octanol–water partition coefficient (Wildman–Crippen LogP) is 2.66. The Labute approximate surface area is 196 Å². The quantitative estimate of drug-likeness (QED) is 0.415. The van der Waals surface area contributed by atoms with Crippen LogP contribution in [-0.2, 0) is 16.7 Å². The number of rotatable bonds is 7. The van der Waals surface area contributed by atoms with E-state index in [1.807, 2.05) is 19.9 Å². The van der Waals surface area contributed by atoms with E-state index in [1.54, 1.807) is 41.5 Å². The number of nitrogens with one attached hydrogen (secondary N) is 2. The summed E-state index contributed by atoms with van der Waals surface area (Å²) in [6.45, 7) is 7.76. The molecule has 1 amide bonds. The van der Waals surface area contributed by atoms with Gasteiger partial charge in [0.05, 0.1) is 10.6 Å². The van der Waals surface area contributed by atoms with Crippen LogP contribution in [-0.4, -0.2) is 43.9 Å². The predicted molar refractivity (Wildman–Crippen MR) is 126 cm³/mol. The van der Waals surface area contributed by atoms with E-state index in [9.17, 15) is 13.2 Å². The Hall–Kier alpha value is -4.06. The fourth-order valence-electron chi connectivity index (χ4n) is 3.38. The summed E-state index contributed by atoms with van der Waals surface area (Å²) in [5.74, 6) is -0.407. The maximum absolute atomic E-state index is 12.7. The van der Waals surface area contributed by atoms with E-state index >= 15 is 0 Å². The maximum Gasteiger partial charge on any atom is 0.276 e. The van der Waals surface area contributed by atoms with Gasteiger partial charge in [-0.15, -0.1) is 0 Å². The summed E-state index contributed by atoms with van der Waals surface area (Å²) < 4.78 is 31.1. The minimum absolute atomic E-state index is 0.00549. The number of carbonyl (C=O) groups is 1. The van der Waals surface area contributed by atoms with Crippen LogP contribution in [0.25, 0.3) is 0 Å². The van der Waals surface area contributed by atoms with Crippen LogP contribution in [0.3, 0.4) is 0 Å². The highest BCUT2D eigenvalue weighted by Gasteiger charge is 2.17. The van der Waals surface area contributed by atoms with Crippen LogP contribution >= 0.6 is 0 Å². The Bertz CT molecular complexity index is 1440.